The van der Waals surface area contributed by atoms with Crippen molar-refractivity contribution in [2.45, 2.75) is 10.9 Å². The van der Waals surface area contributed by atoms with Crippen LogP contribution in [0, 0.1) is 0 Å². The van der Waals surface area contributed by atoms with Gasteiger partial charge in [-0.05, 0) is 0 Å². The van der Waals surface area contributed by atoms with Crippen molar-refractivity contribution in [1.29, 1.82) is 0 Å². The van der Waals surface area contributed by atoms with Crippen molar-refractivity contribution in [2.75, 3.05) is 17.9 Å². The van der Waals surface area contributed by atoms with Gasteiger partial charge >= 0.3 is 5.97 Å². The van der Waals surface area contributed by atoms with E-state index in [2.05, 4.69) is 10.2 Å². The van der Waals surface area contributed by atoms with Gasteiger partial charge in [-0.1, -0.05) is 11.8 Å². The number of hydrogen-bond donors (Lipinski definition) is 2. The average molecular weight is 266 g/mol. The molecule has 0 spiro atoms. The number of rotatable bonds is 5. The lowest BCUT2D eigenvalue weighted by molar-refractivity contribution is -0.133. The van der Waals surface area contributed by atoms with E-state index in [0.717, 1.165) is 22.7 Å². The monoisotopic (exact) mass is 266 g/mol. The Hall–Kier alpha value is -1.29. The fourth-order valence-electron chi connectivity index (χ4n) is 0.865. The Morgan fingerprint density at radius 1 is 1.56 bits per heavy atom. The minimum absolute atomic E-state index is 0.0791. The van der Waals surface area contributed by atoms with Crippen molar-refractivity contribution in [1.82, 2.24) is 14.9 Å². The smallest absolute Gasteiger partial charge is 0.313 e. The summed E-state index contributed by atoms with van der Waals surface area (Å²) in [7, 11) is -3.25. The number of nitrogens with two attached hydrogens (primary N) is 1. The fraction of sp³-hybridized carbons (Fsp3) is 0.500. The summed E-state index contributed by atoms with van der Waals surface area (Å²) in [6, 6.07) is 0. The highest BCUT2D eigenvalue weighted by Crippen LogP contribution is 2.14. The van der Waals surface area contributed by atoms with Crippen LogP contribution in [0.15, 0.2) is 5.16 Å². The van der Waals surface area contributed by atoms with Gasteiger partial charge in [-0.15, -0.1) is 10.2 Å². The molecule has 0 saturated heterocycles. The third-order valence-corrected chi connectivity index (χ3v) is 3.16. The predicted molar refractivity (Wildman–Crippen MR) is 57.1 cm³/mol. The summed E-state index contributed by atoms with van der Waals surface area (Å²) in [6.07, 6.45) is 1.05. The number of sulfone groups is 1. The van der Waals surface area contributed by atoms with Crippen LogP contribution in [0.3, 0.4) is 0 Å². The minimum atomic E-state index is -3.25. The lowest BCUT2D eigenvalue weighted by atomic mass is 10.7. The maximum atomic E-state index is 11.0. The van der Waals surface area contributed by atoms with E-state index in [1.165, 1.54) is 0 Å². The van der Waals surface area contributed by atoms with E-state index in [4.69, 9.17) is 10.9 Å². The van der Waals surface area contributed by atoms with Crippen LogP contribution >= 0.6 is 11.8 Å². The van der Waals surface area contributed by atoms with Gasteiger partial charge < -0.3 is 10.9 Å². The van der Waals surface area contributed by atoms with Crippen LogP contribution in [0.4, 0.5) is 0 Å². The SMILES string of the molecule is CS(=O)(=O)Cc1nnc(SCC(=O)O)n1N. The van der Waals surface area contributed by atoms with Gasteiger partial charge in [-0.25, -0.2) is 13.1 Å². The number of hydrogen-bond acceptors (Lipinski definition) is 7. The minimum Gasteiger partial charge on any atom is -0.481 e. The van der Waals surface area contributed by atoms with Gasteiger partial charge in [-0.3, -0.25) is 4.79 Å². The van der Waals surface area contributed by atoms with E-state index < -0.39 is 15.8 Å². The van der Waals surface area contributed by atoms with Crippen LogP contribution < -0.4 is 5.84 Å². The second-order valence-electron chi connectivity index (χ2n) is 3.02. The van der Waals surface area contributed by atoms with E-state index in [1.807, 2.05) is 0 Å². The molecule has 0 aliphatic rings. The molecule has 1 rings (SSSR count). The number of aromatic nitrogens is 3. The van der Waals surface area contributed by atoms with Gasteiger partial charge in [0, 0.05) is 6.26 Å². The van der Waals surface area contributed by atoms with Crippen molar-refractivity contribution in [2.24, 2.45) is 0 Å². The number of nitrogens with zero attached hydrogens (tertiary/aromatic N) is 3. The van der Waals surface area contributed by atoms with Gasteiger partial charge in [0.25, 0.3) is 0 Å². The van der Waals surface area contributed by atoms with Crippen molar-refractivity contribution < 1.29 is 18.3 Å². The first-order valence-corrected chi connectivity index (χ1v) is 7.06. The molecule has 8 nitrogen and oxygen atoms in total. The molecule has 0 atom stereocenters. The molecule has 0 aromatic carbocycles. The summed E-state index contributed by atoms with van der Waals surface area (Å²) >= 11 is 0.872. The maximum absolute atomic E-state index is 11.0. The Morgan fingerprint density at radius 2 is 2.19 bits per heavy atom. The highest BCUT2D eigenvalue weighted by molar-refractivity contribution is 7.99. The quantitative estimate of drug-likeness (QED) is 0.497. The number of carboxylic acid groups (broad SMARTS) is 1. The van der Waals surface area contributed by atoms with Crippen LogP contribution in [-0.4, -0.2) is 46.4 Å². The number of carbonyl (C=O) groups is 1. The Kier molecular flexibility index (Phi) is 3.75. The van der Waals surface area contributed by atoms with Crippen molar-refractivity contribution in [3.63, 3.8) is 0 Å². The molecule has 10 heteroatoms. The number of nitrogen functional groups attached to an aromatic ring is 1. The molecule has 0 fully saturated rings. The first-order valence-electron chi connectivity index (χ1n) is 4.01. The molecule has 0 unspecified atom stereocenters. The number of thioether (sulfide) groups is 1. The highest BCUT2D eigenvalue weighted by Gasteiger charge is 2.15. The van der Waals surface area contributed by atoms with E-state index in [1.54, 1.807) is 0 Å². The zero-order valence-electron chi connectivity index (χ0n) is 8.32. The molecule has 0 aliphatic carbocycles. The standard InChI is InChI=1S/C6H10N4O4S2/c1-16(13,14)3-4-8-9-6(10(4)7)15-2-5(11)12/h2-3,7H2,1H3,(H,11,12). The summed E-state index contributed by atoms with van der Waals surface area (Å²) in [4.78, 5) is 10.3. The molecule has 0 radical (unpaired) electrons. The molecule has 1 aromatic rings. The largest absolute Gasteiger partial charge is 0.481 e. The lowest BCUT2D eigenvalue weighted by Gasteiger charge is -2.01. The summed E-state index contributed by atoms with van der Waals surface area (Å²) in [6.45, 7) is 0. The van der Waals surface area contributed by atoms with Gasteiger partial charge in [0.15, 0.2) is 15.7 Å². The first kappa shape index (κ1) is 12.8. The zero-order valence-corrected chi connectivity index (χ0v) is 9.95. The molecular weight excluding hydrogens is 256 g/mol. The van der Waals surface area contributed by atoms with E-state index in [9.17, 15) is 13.2 Å². The van der Waals surface area contributed by atoms with Crippen molar-refractivity contribution >= 4 is 27.6 Å². The fourth-order valence-corrected chi connectivity index (χ4v) is 2.13. The van der Waals surface area contributed by atoms with Gasteiger partial charge in [-0.2, -0.15) is 0 Å². The number of carboxylic acids is 1. The van der Waals surface area contributed by atoms with Gasteiger partial charge in [0.05, 0.1) is 5.75 Å². The Balaban J connectivity index is 2.80. The molecular formula is C6H10N4O4S2. The summed E-state index contributed by atoms with van der Waals surface area (Å²) in [5.74, 6) is 4.03. The van der Waals surface area contributed by atoms with Crippen molar-refractivity contribution in [3.05, 3.63) is 5.82 Å². The lowest BCUT2D eigenvalue weighted by Crippen LogP contribution is -2.17. The van der Waals surface area contributed by atoms with E-state index in [0.29, 0.717) is 0 Å². The summed E-state index contributed by atoms with van der Waals surface area (Å²) in [5, 5.41) is 15.8. The molecule has 0 saturated carbocycles. The average Bonchev–Trinajstić information content (AvgIpc) is 2.43. The van der Waals surface area contributed by atoms with E-state index >= 15 is 0 Å². The third-order valence-electron chi connectivity index (χ3n) is 1.45. The van der Waals surface area contributed by atoms with Crippen LogP contribution in [-0.2, 0) is 20.4 Å². The predicted octanol–water partition coefficient (Wildman–Crippen LogP) is -1.29. The van der Waals surface area contributed by atoms with Crippen LogP contribution in [0.25, 0.3) is 0 Å². The van der Waals surface area contributed by atoms with Crippen LogP contribution in [0.1, 0.15) is 5.82 Å². The topological polar surface area (TPSA) is 128 Å². The van der Waals surface area contributed by atoms with Crippen LogP contribution in [0.5, 0.6) is 0 Å². The third kappa shape index (κ3) is 3.70. The normalized spacial score (nSPS) is 11.6. The second-order valence-corrected chi connectivity index (χ2v) is 6.10. The summed E-state index contributed by atoms with van der Waals surface area (Å²) in [5.41, 5.74) is 0. The first-order chi connectivity index (χ1) is 7.29. The molecule has 90 valence electrons. The van der Waals surface area contributed by atoms with Gasteiger partial charge in [0.2, 0.25) is 5.16 Å². The molecule has 3 N–H and O–H groups in total. The molecule has 1 heterocycles. The maximum Gasteiger partial charge on any atom is 0.313 e. The van der Waals surface area contributed by atoms with Crippen LogP contribution in [0.2, 0.25) is 0 Å². The number of aliphatic carboxylic acids is 1. The zero-order chi connectivity index (χ0) is 12.3. The Labute approximate surface area is 95.7 Å². The molecule has 0 bridgehead atoms. The molecule has 16 heavy (non-hydrogen) atoms. The summed E-state index contributed by atoms with van der Waals surface area (Å²) < 4.78 is 23.0. The Morgan fingerprint density at radius 3 is 2.69 bits per heavy atom. The second kappa shape index (κ2) is 4.70. The van der Waals surface area contributed by atoms with Crippen molar-refractivity contribution in [3.8, 4) is 0 Å². The highest BCUT2D eigenvalue weighted by atomic mass is 32.2. The Bertz CT molecular complexity index is 495. The molecule has 1 aromatic heterocycles. The molecule has 0 amide bonds. The van der Waals surface area contributed by atoms with Gasteiger partial charge in [0.1, 0.15) is 5.75 Å². The van der Waals surface area contributed by atoms with E-state index in [-0.39, 0.29) is 22.5 Å². The molecule has 0 aliphatic heterocycles.